The molecule has 2 aromatic heterocycles. The maximum Gasteiger partial charge on any atom is 0.276 e. The van der Waals surface area contributed by atoms with Gasteiger partial charge in [0.15, 0.2) is 5.69 Å². The summed E-state index contributed by atoms with van der Waals surface area (Å²) in [5.74, 6) is 2.90. The van der Waals surface area contributed by atoms with E-state index < -0.39 is 0 Å². The third kappa shape index (κ3) is 2.94. The van der Waals surface area contributed by atoms with Gasteiger partial charge in [0.1, 0.15) is 11.6 Å². The highest BCUT2D eigenvalue weighted by Crippen LogP contribution is 2.40. The first-order chi connectivity index (χ1) is 12.7. The fourth-order valence-electron chi connectivity index (χ4n) is 3.66. The van der Waals surface area contributed by atoms with Gasteiger partial charge in [-0.25, -0.2) is 4.98 Å². The summed E-state index contributed by atoms with van der Waals surface area (Å²) in [6.45, 7) is 4.84. The summed E-state index contributed by atoms with van der Waals surface area (Å²) < 4.78 is 13.4. The molecule has 1 amide bonds. The number of ether oxygens (including phenoxy) is 1. The lowest BCUT2D eigenvalue weighted by atomic mass is 10.1. The van der Waals surface area contributed by atoms with Crippen LogP contribution < -0.4 is 0 Å². The van der Waals surface area contributed by atoms with Gasteiger partial charge in [-0.05, 0) is 38.5 Å². The number of rotatable bonds is 6. The van der Waals surface area contributed by atoms with Crippen LogP contribution in [0.15, 0.2) is 16.8 Å². The van der Waals surface area contributed by atoms with Crippen LogP contribution in [-0.2, 0) is 17.9 Å². The predicted molar refractivity (Wildman–Crippen MR) is 92.5 cm³/mol. The van der Waals surface area contributed by atoms with Crippen LogP contribution in [-0.4, -0.2) is 38.7 Å². The minimum atomic E-state index is -0.0884. The average molecular weight is 356 g/mol. The number of carbonyl (C=O) groups excluding carboxylic acids is 1. The van der Waals surface area contributed by atoms with Gasteiger partial charge >= 0.3 is 0 Å². The Bertz CT molecular complexity index is 819. The van der Waals surface area contributed by atoms with E-state index in [2.05, 4.69) is 14.7 Å². The van der Waals surface area contributed by atoms with Crippen LogP contribution in [0.5, 0.6) is 0 Å². The van der Waals surface area contributed by atoms with E-state index in [0.717, 1.165) is 49.2 Å². The van der Waals surface area contributed by atoms with Crippen molar-refractivity contribution in [3.8, 4) is 0 Å². The first kappa shape index (κ1) is 16.1. The van der Waals surface area contributed by atoms with E-state index in [1.807, 2.05) is 24.1 Å². The van der Waals surface area contributed by atoms with Crippen molar-refractivity contribution in [1.29, 1.82) is 0 Å². The van der Waals surface area contributed by atoms with E-state index >= 15 is 0 Å². The van der Waals surface area contributed by atoms with Crippen LogP contribution in [0.1, 0.15) is 72.3 Å². The molecule has 2 aliphatic carbocycles. The molecule has 3 aliphatic rings. The zero-order chi connectivity index (χ0) is 17.7. The Labute approximate surface area is 152 Å². The van der Waals surface area contributed by atoms with Crippen LogP contribution >= 0.6 is 0 Å². The summed E-state index contributed by atoms with van der Waals surface area (Å²) in [5.41, 5.74) is 1.50. The molecule has 1 atom stereocenters. The zero-order valence-corrected chi connectivity index (χ0v) is 15.1. The molecule has 2 aromatic rings. The topological polar surface area (TPSA) is 73.4 Å². The van der Waals surface area contributed by atoms with Gasteiger partial charge < -0.3 is 18.7 Å². The Balaban J connectivity index is 1.28. The predicted octanol–water partition coefficient (Wildman–Crippen LogP) is 2.89. The van der Waals surface area contributed by atoms with Crippen LogP contribution in [0.2, 0.25) is 0 Å². The summed E-state index contributed by atoms with van der Waals surface area (Å²) in [6, 6.07) is 1.72. The normalized spacial score (nSPS) is 22.5. The standard InChI is InChI=1S/C19H24N4O3/c1-12-18-20-9-15(11-25-10-13-2-3-13)23(18)7-6-22(12)19(24)16-8-17(26-21-16)14-4-5-14/h8-9,12-14H,2-7,10-11H2,1H3. The molecule has 7 nitrogen and oxygen atoms in total. The molecular formula is C19H24N4O3. The first-order valence-electron chi connectivity index (χ1n) is 9.60. The Morgan fingerprint density at radius 1 is 1.31 bits per heavy atom. The van der Waals surface area contributed by atoms with Crippen molar-refractivity contribution in [2.75, 3.05) is 13.2 Å². The van der Waals surface area contributed by atoms with Gasteiger partial charge in [0.2, 0.25) is 0 Å². The molecule has 0 aromatic carbocycles. The van der Waals surface area contributed by atoms with Crippen LogP contribution in [0, 0.1) is 5.92 Å². The van der Waals surface area contributed by atoms with Crippen molar-refractivity contribution in [2.24, 2.45) is 5.92 Å². The quantitative estimate of drug-likeness (QED) is 0.796. The van der Waals surface area contributed by atoms with Crippen molar-refractivity contribution in [3.63, 3.8) is 0 Å². The molecule has 0 N–H and O–H groups in total. The average Bonchev–Trinajstić information content (AvgIpc) is 3.57. The van der Waals surface area contributed by atoms with Gasteiger partial charge in [0.05, 0.1) is 24.5 Å². The number of fused-ring (bicyclic) bond motifs is 1. The van der Waals surface area contributed by atoms with Crippen LogP contribution in [0.25, 0.3) is 0 Å². The number of hydrogen-bond donors (Lipinski definition) is 0. The molecule has 0 saturated heterocycles. The third-order valence-electron chi connectivity index (χ3n) is 5.66. The minimum absolute atomic E-state index is 0.0751. The lowest BCUT2D eigenvalue weighted by Gasteiger charge is -2.33. The molecule has 2 saturated carbocycles. The van der Waals surface area contributed by atoms with Gasteiger partial charge in [-0.2, -0.15) is 0 Å². The fourth-order valence-corrected chi connectivity index (χ4v) is 3.66. The second-order valence-corrected chi connectivity index (χ2v) is 7.78. The number of hydrogen-bond acceptors (Lipinski definition) is 5. The fraction of sp³-hybridized carbons (Fsp3) is 0.632. The Morgan fingerprint density at radius 3 is 2.92 bits per heavy atom. The number of amides is 1. The Hall–Kier alpha value is -2.15. The van der Waals surface area contributed by atoms with Gasteiger partial charge in [-0.15, -0.1) is 0 Å². The molecule has 2 fully saturated rings. The second kappa shape index (κ2) is 6.23. The van der Waals surface area contributed by atoms with E-state index in [-0.39, 0.29) is 11.9 Å². The zero-order valence-electron chi connectivity index (χ0n) is 15.1. The van der Waals surface area contributed by atoms with Crippen molar-refractivity contribution >= 4 is 5.91 Å². The largest absolute Gasteiger partial charge is 0.375 e. The lowest BCUT2D eigenvalue weighted by molar-refractivity contribution is 0.0616. The summed E-state index contributed by atoms with van der Waals surface area (Å²) in [6.07, 6.45) is 6.73. The van der Waals surface area contributed by atoms with Gasteiger partial charge in [0.25, 0.3) is 5.91 Å². The maximum atomic E-state index is 12.9. The van der Waals surface area contributed by atoms with Crippen molar-refractivity contribution in [3.05, 3.63) is 35.2 Å². The molecule has 0 bridgehead atoms. The molecule has 7 heteroatoms. The second-order valence-electron chi connectivity index (χ2n) is 7.78. The smallest absolute Gasteiger partial charge is 0.276 e. The molecule has 1 unspecified atom stereocenters. The highest BCUT2D eigenvalue weighted by Gasteiger charge is 2.34. The van der Waals surface area contributed by atoms with Gasteiger partial charge in [-0.3, -0.25) is 4.79 Å². The van der Waals surface area contributed by atoms with Crippen LogP contribution in [0.3, 0.4) is 0 Å². The summed E-state index contributed by atoms with van der Waals surface area (Å²) in [4.78, 5) is 19.3. The first-order valence-corrected chi connectivity index (χ1v) is 9.60. The monoisotopic (exact) mass is 356 g/mol. The highest BCUT2D eigenvalue weighted by molar-refractivity contribution is 5.92. The molecule has 5 rings (SSSR count). The minimum Gasteiger partial charge on any atom is -0.375 e. The van der Waals surface area contributed by atoms with E-state index in [4.69, 9.17) is 9.26 Å². The van der Waals surface area contributed by atoms with Crippen molar-refractivity contribution in [1.82, 2.24) is 19.6 Å². The summed E-state index contributed by atoms with van der Waals surface area (Å²) in [7, 11) is 0. The van der Waals surface area contributed by atoms with E-state index in [1.54, 1.807) is 0 Å². The lowest BCUT2D eigenvalue weighted by Crippen LogP contribution is -2.41. The third-order valence-corrected chi connectivity index (χ3v) is 5.66. The number of nitrogens with zero attached hydrogens (tertiary/aromatic N) is 4. The number of imidazole rings is 1. The van der Waals surface area contributed by atoms with E-state index in [0.29, 0.717) is 24.8 Å². The summed E-state index contributed by atoms with van der Waals surface area (Å²) >= 11 is 0. The SMILES string of the molecule is CC1c2ncc(COCC3CC3)n2CCN1C(=O)c1cc(C2CC2)on1. The van der Waals surface area contributed by atoms with E-state index in [1.165, 1.54) is 12.8 Å². The molecule has 0 radical (unpaired) electrons. The highest BCUT2D eigenvalue weighted by atomic mass is 16.5. The van der Waals surface area contributed by atoms with Gasteiger partial charge in [-0.1, -0.05) is 5.16 Å². The van der Waals surface area contributed by atoms with E-state index in [9.17, 15) is 4.79 Å². The van der Waals surface area contributed by atoms with Crippen molar-refractivity contribution in [2.45, 2.75) is 57.7 Å². The number of carbonyl (C=O) groups is 1. The Kier molecular flexibility index (Phi) is 3.85. The van der Waals surface area contributed by atoms with Crippen LogP contribution in [0.4, 0.5) is 0 Å². The molecule has 1 aliphatic heterocycles. The van der Waals surface area contributed by atoms with Crippen molar-refractivity contribution < 1.29 is 14.1 Å². The molecule has 26 heavy (non-hydrogen) atoms. The molecular weight excluding hydrogens is 332 g/mol. The number of aromatic nitrogens is 3. The molecule has 138 valence electrons. The molecule has 3 heterocycles. The van der Waals surface area contributed by atoms with Gasteiger partial charge in [0, 0.05) is 31.7 Å². The summed E-state index contributed by atoms with van der Waals surface area (Å²) in [5, 5.41) is 4.00. The Morgan fingerprint density at radius 2 is 2.15 bits per heavy atom. The molecule has 0 spiro atoms. The maximum absolute atomic E-state index is 12.9.